The van der Waals surface area contributed by atoms with Gasteiger partial charge in [-0.2, -0.15) is 5.10 Å². The molecule has 0 spiro atoms. The summed E-state index contributed by atoms with van der Waals surface area (Å²) >= 11 is 12.1. The van der Waals surface area contributed by atoms with Crippen molar-refractivity contribution in [2.24, 2.45) is 0 Å². The zero-order chi connectivity index (χ0) is 18.4. The summed E-state index contributed by atoms with van der Waals surface area (Å²) in [6, 6.07) is 6.77. The Morgan fingerprint density at radius 2 is 1.96 bits per heavy atom. The number of halogens is 2. The highest BCUT2D eigenvalue weighted by Crippen LogP contribution is 2.32. The van der Waals surface area contributed by atoms with Crippen LogP contribution in [-0.4, -0.2) is 60.0 Å². The molecule has 26 heavy (non-hydrogen) atoms. The second kappa shape index (κ2) is 9.23. The number of aromatic nitrogens is 2. The summed E-state index contributed by atoms with van der Waals surface area (Å²) in [5.41, 5.74) is 0.334. The van der Waals surface area contributed by atoms with E-state index in [1.807, 2.05) is 0 Å². The topological polar surface area (TPSA) is 68.6 Å². The van der Waals surface area contributed by atoms with E-state index in [0.29, 0.717) is 28.0 Å². The summed E-state index contributed by atoms with van der Waals surface area (Å²) in [7, 11) is 0. The molecule has 1 aromatic carbocycles. The zero-order valence-electron chi connectivity index (χ0n) is 14.2. The zero-order valence-corrected chi connectivity index (χ0v) is 15.7. The van der Waals surface area contributed by atoms with Crippen LogP contribution in [0, 0.1) is 0 Å². The summed E-state index contributed by atoms with van der Waals surface area (Å²) in [5, 5.41) is 7.93. The molecule has 0 radical (unpaired) electrons. The Labute approximate surface area is 161 Å². The molecule has 1 amide bonds. The van der Waals surface area contributed by atoms with E-state index in [9.17, 15) is 4.79 Å². The molecule has 1 saturated heterocycles. The highest BCUT2D eigenvalue weighted by atomic mass is 35.5. The second-order valence-electron chi connectivity index (χ2n) is 5.77. The first-order chi connectivity index (χ1) is 12.6. The van der Waals surface area contributed by atoms with Gasteiger partial charge >= 0.3 is 0 Å². The SMILES string of the molecule is O=C(NCCN1CCOCC1)c1ccn(COc2c(Cl)cccc2Cl)n1. The molecule has 2 aromatic rings. The first kappa shape index (κ1) is 19.0. The van der Waals surface area contributed by atoms with E-state index in [0.717, 1.165) is 32.8 Å². The number of benzene rings is 1. The maximum atomic E-state index is 12.2. The van der Waals surface area contributed by atoms with Gasteiger partial charge < -0.3 is 14.8 Å². The van der Waals surface area contributed by atoms with Crippen LogP contribution in [0.1, 0.15) is 10.5 Å². The van der Waals surface area contributed by atoms with Gasteiger partial charge in [0.25, 0.3) is 5.91 Å². The minimum absolute atomic E-state index is 0.102. The van der Waals surface area contributed by atoms with E-state index in [-0.39, 0.29) is 12.6 Å². The van der Waals surface area contributed by atoms with Crippen molar-refractivity contribution < 1.29 is 14.3 Å². The summed E-state index contributed by atoms with van der Waals surface area (Å²) in [5.74, 6) is 0.177. The predicted molar refractivity (Wildman–Crippen MR) is 98.9 cm³/mol. The fraction of sp³-hybridized carbons (Fsp3) is 0.412. The molecule has 1 fully saturated rings. The Bertz CT molecular complexity index is 727. The molecule has 140 valence electrons. The normalized spacial score (nSPS) is 15.0. The van der Waals surface area contributed by atoms with Gasteiger partial charge in [0.1, 0.15) is 5.69 Å². The molecule has 0 unspecified atom stereocenters. The Morgan fingerprint density at radius 1 is 1.23 bits per heavy atom. The summed E-state index contributed by atoms with van der Waals surface area (Å²) in [6.45, 7) is 4.74. The third-order valence-corrected chi connectivity index (χ3v) is 4.55. The Morgan fingerprint density at radius 3 is 2.69 bits per heavy atom. The van der Waals surface area contributed by atoms with Gasteiger partial charge in [0, 0.05) is 32.4 Å². The molecule has 3 rings (SSSR count). The van der Waals surface area contributed by atoms with Crippen molar-refractivity contribution in [2.75, 3.05) is 39.4 Å². The summed E-state index contributed by atoms with van der Waals surface area (Å²) in [4.78, 5) is 14.4. The van der Waals surface area contributed by atoms with Crippen molar-refractivity contribution in [3.8, 4) is 5.75 Å². The Hall–Kier alpha value is -1.80. The highest BCUT2D eigenvalue weighted by molar-refractivity contribution is 6.37. The molecule has 1 aliphatic rings. The Balaban J connectivity index is 1.47. The monoisotopic (exact) mass is 398 g/mol. The van der Waals surface area contributed by atoms with Crippen LogP contribution in [0.5, 0.6) is 5.75 Å². The van der Waals surface area contributed by atoms with Crippen LogP contribution in [0.15, 0.2) is 30.5 Å². The lowest BCUT2D eigenvalue weighted by Crippen LogP contribution is -2.41. The number of nitrogens with zero attached hydrogens (tertiary/aromatic N) is 3. The molecule has 2 heterocycles. The van der Waals surface area contributed by atoms with Crippen molar-refractivity contribution >= 4 is 29.1 Å². The van der Waals surface area contributed by atoms with Crippen LogP contribution < -0.4 is 10.1 Å². The second-order valence-corrected chi connectivity index (χ2v) is 6.59. The van der Waals surface area contributed by atoms with E-state index < -0.39 is 0 Å². The standard InChI is InChI=1S/C17H20Cl2N4O3/c18-13-2-1-3-14(19)16(13)26-12-23-6-4-15(21-23)17(24)20-5-7-22-8-10-25-11-9-22/h1-4,6H,5,7-12H2,(H,20,24). The average Bonchev–Trinajstić information content (AvgIpc) is 3.11. The molecule has 0 saturated carbocycles. The number of morpholine rings is 1. The maximum Gasteiger partial charge on any atom is 0.271 e. The smallest absolute Gasteiger partial charge is 0.271 e. The van der Waals surface area contributed by atoms with E-state index >= 15 is 0 Å². The van der Waals surface area contributed by atoms with Crippen LogP contribution >= 0.6 is 23.2 Å². The molecule has 0 bridgehead atoms. The third-order valence-electron chi connectivity index (χ3n) is 3.95. The lowest BCUT2D eigenvalue weighted by molar-refractivity contribution is 0.0383. The molecular formula is C17H20Cl2N4O3. The molecule has 9 heteroatoms. The van der Waals surface area contributed by atoms with E-state index in [1.165, 1.54) is 4.68 Å². The minimum atomic E-state index is -0.215. The number of nitrogens with one attached hydrogen (secondary N) is 1. The number of hydrogen-bond donors (Lipinski definition) is 1. The van der Waals surface area contributed by atoms with Crippen LogP contribution in [0.4, 0.5) is 0 Å². The Kier molecular flexibility index (Phi) is 6.73. The number of rotatable bonds is 7. The van der Waals surface area contributed by atoms with Crippen molar-refractivity contribution in [1.29, 1.82) is 0 Å². The number of carbonyl (C=O) groups is 1. The number of carbonyl (C=O) groups excluding carboxylic acids is 1. The predicted octanol–water partition coefficient (Wildman–Crippen LogP) is 2.29. The van der Waals surface area contributed by atoms with Gasteiger partial charge in [-0.25, -0.2) is 4.68 Å². The van der Waals surface area contributed by atoms with Crippen molar-refractivity contribution in [1.82, 2.24) is 20.0 Å². The molecule has 1 N–H and O–H groups in total. The lowest BCUT2D eigenvalue weighted by Gasteiger charge is -2.26. The molecule has 0 aliphatic carbocycles. The van der Waals surface area contributed by atoms with Gasteiger partial charge in [0.2, 0.25) is 0 Å². The van der Waals surface area contributed by atoms with Crippen molar-refractivity contribution in [3.05, 3.63) is 46.2 Å². The fourth-order valence-electron chi connectivity index (χ4n) is 2.55. The van der Waals surface area contributed by atoms with Crippen LogP contribution in [-0.2, 0) is 11.5 Å². The molecular weight excluding hydrogens is 379 g/mol. The summed E-state index contributed by atoms with van der Waals surface area (Å²) < 4.78 is 12.4. The van der Waals surface area contributed by atoms with E-state index in [4.69, 9.17) is 32.7 Å². The highest BCUT2D eigenvalue weighted by Gasteiger charge is 2.13. The molecule has 7 nitrogen and oxygen atoms in total. The van der Waals surface area contributed by atoms with Gasteiger partial charge in [-0.3, -0.25) is 9.69 Å². The largest absolute Gasteiger partial charge is 0.468 e. The molecule has 1 aromatic heterocycles. The number of hydrogen-bond acceptors (Lipinski definition) is 5. The van der Waals surface area contributed by atoms with Crippen LogP contribution in [0.25, 0.3) is 0 Å². The molecule has 1 aliphatic heterocycles. The van der Waals surface area contributed by atoms with Crippen molar-refractivity contribution in [3.63, 3.8) is 0 Å². The summed E-state index contributed by atoms with van der Waals surface area (Å²) in [6.07, 6.45) is 1.67. The molecule has 0 atom stereocenters. The average molecular weight is 399 g/mol. The van der Waals surface area contributed by atoms with Gasteiger partial charge in [0.05, 0.1) is 23.3 Å². The number of para-hydroxylation sites is 1. The van der Waals surface area contributed by atoms with Gasteiger partial charge in [-0.1, -0.05) is 29.3 Å². The van der Waals surface area contributed by atoms with Crippen LogP contribution in [0.3, 0.4) is 0 Å². The number of amides is 1. The number of ether oxygens (including phenoxy) is 2. The van der Waals surface area contributed by atoms with Crippen LogP contribution in [0.2, 0.25) is 10.0 Å². The van der Waals surface area contributed by atoms with E-state index in [2.05, 4.69) is 15.3 Å². The first-order valence-electron chi connectivity index (χ1n) is 8.32. The van der Waals surface area contributed by atoms with E-state index in [1.54, 1.807) is 30.5 Å². The lowest BCUT2D eigenvalue weighted by atomic mass is 10.3. The third kappa shape index (κ3) is 5.11. The quantitative estimate of drug-likeness (QED) is 0.774. The minimum Gasteiger partial charge on any atom is -0.468 e. The first-order valence-corrected chi connectivity index (χ1v) is 9.07. The van der Waals surface area contributed by atoms with Crippen molar-refractivity contribution in [2.45, 2.75) is 6.73 Å². The van der Waals surface area contributed by atoms with Gasteiger partial charge in [-0.15, -0.1) is 0 Å². The fourth-order valence-corrected chi connectivity index (χ4v) is 3.06. The maximum absolute atomic E-state index is 12.2. The van der Waals surface area contributed by atoms with Gasteiger partial charge in [-0.05, 0) is 18.2 Å². The van der Waals surface area contributed by atoms with Gasteiger partial charge in [0.15, 0.2) is 12.5 Å².